The van der Waals surface area contributed by atoms with Crippen molar-refractivity contribution >= 4 is 46.5 Å². The van der Waals surface area contributed by atoms with Crippen LogP contribution in [0.1, 0.15) is 13.8 Å². The zero-order valence-corrected chi connectivity index (χ0v) is 11.2. The molecule has 0 aliphatic carbocycles. The van der Waals surface area contributed by atoms with Crippen LogP contribution in [-0.4, -0.2) is 51.5 Å². The van der Waals surface area contributed by atoms with Crippen LogP contribution in [-0.2, 0) is 14.4 Å². The third-order valence-corrected chi connectivity index (χ3v) is 3.28. The Kier molecular flexibility index (Phi) is 4.59. The average Bonchev–Trinajstić information content (AvgIpc) is 2.29. The van der Waals surface area contributed by atoms with Crippen molar-refractivity contribution in [2.45, 2.75) is 13.8 Å². The molecule has 17 heavy (non-hydrogen) atoms. The van der Waals surface area contributed by atoms with Gasteiger partial charge in [0.05, 0.1) is 5.88 Å². The average molecular weight is 277 g/mol. The van der Waals surface area contributed by atoms with Gasteiger partial charge in [-0.1, -0.05) is 0 Å². The Hall–Kier alpha value is -1.01. The van der Waals surface area contributed by atoms with Crippen molar-refractivity contribution in [1.29, 1.82) is 0 Å². The molecule has 0 N–H and O–H groups in total. The third kappa shape index (κ3) is 2.32. The number of thiocarbonyl (C=S) groups is 1. The Bertz CT molecular complexity index is 360. The van der Waals surface area contributed by atoms with Crippen molar-refractivity contribution in [3.05, 3.63) is 0 Å². The van der Waals surface area contributed by atoms with Gasteiger partial charge < -0.3 is 0 Å². The van der Waals surface area contributed by atoms with E-state index in [1.54, 1.807) is 13.8 Å². The number of ketones is 1. The number of amides is 2. The standard InChI is InChI=1S/C10H13ClN2O3S/c1-3-12-8(15)7(6(14)5-11)9(16)13(4-2)10(12)17/h7H,3-5H2,1-2H3. The van der Waals surface area contributed by atoms with Crippen molar-refractivity contribution in [3.63, 3.8) is 0 Å². The van der Waals surface area contributed by atoms with Crippen molar-refractivity contribution < 1.29 is 14.4 Å². The summed E-state index contributed by atoms with van der Waals surface area (Å²) in [7, 11) is 0. The predicted molar refractivity (Wildman–Crippen MR) is 66.6 cm³/mol. The highest BCUT2D eigenvalue weighted by atomic mass is 35.5. The summed E-state index contributed by atoms with van der Waals surface area (Å²) in [5.41, 5.74) is 0. The van der Waals surface area contributed by atoms with E-state index >= 15 is 0 Å². The van der Waals surface area contributed by atoms with Crippen LogP contribution in [0.5, 0.6) is 0 Å². The van der Waals surface area contributed by atoms with Crippen LogP contribution in [0, 0.1) is 5.92 Å². The molecule has 1 saturated heterocycles. The first-order valence-corrected chi connectivity index (χ1v) is 6.19. The maximum Gasteiger partial charge on any atom is 0.248 e. The van der Waals surface area contributed by atoms with E-state index in [4.69, 9.17) is 23.8 Å². The van der Waals surface area contributed by atoms with E-state index in [2.05, 4.69) is 0 Å². The Balaban J connectivity index is 3.14. The monoisotopic (exact) mass is 276 g/mol. The van der Waals surface area contributed by atoms with Crippen LogP contribution in [0.15, 0.2) is 0 Å². The number of Topliss-reactive ketones (excluding diaryl/α,β-unsaturated/α-hetero) is 1. The lowest BCUT2D eigenvalue weighted by Crippen LogP contribution is -2.61. The lowest BCUT2D eigenvalue weighted by molar-refractivity contribution is -0.150. The molecule has 0 atom stereocenters. The van der Waals surface area contributed by atoms with Crippen molar-refractivity contribution in [2.24, 2.45) is 5.92 Å². The van der Waals surface area contributed by atoms with Gasteiger partial charge in [-0.2, -0.15) is 0 Å². The second-order valence-corrected chi connectivity index (χ2v) is 4.11. The van der Waals surface area contributed by atoms with Gasteiger partial charge in [0, 0.05) is 13.1 Å². The molecule has 0 radical (unpaired) electrons. The first-order chi connectivity index (χ1) is 7.99. The van der Waals surface area contributed by atoms with Crippen LogP contribution >= 0.6 is 23.8 Å². The second kappa shape index (κ2) is 5.55. The van der Waals surface area contributed by atoms with Crippen LogP contribution in [0.25, 0.3) is 0 Å². The first-order valence-electron chi connectivity index (χ1n) is 5.24. The minimum atomic E-state index is -1.33. The van der Waals surface area contributed by atoms with Crippen molar-refractivity contribution in [1.82, 2.24) is 9.80 Å². The SMILES string of the molecule is CCN1C(=O)C(C(=O)CCl)C(=O)N(CC)C1=S. The van der Waals surface area contributed by atoms with Gasteiger partial charge in [-0.15, -0.1) is 11.6 Å². The van der Waals surface area contributed by atoms with Gasteiger partial charge >= 0.3 is 0 Å². The van der Waals surface area contributed by atoms with Crippen LogP contribution in [0.4, 0.5) is 0 Å². The fourth-order valence-electron chi connectivity index (χ4n) is 1.69. The van der Waals surface area contributed by atoms with E-state index < -0.39 is 23.5 Å². The molecule has 0 spiro atoms. The van der Waals surface area contributed by atoms with Gasteiger partial charge in [0.2, 0.25) is 11.8 Å². The third-order valence-electron chi connectivity index (χ3n) is 2.57. The maximum absolute atomic E-state index is 12.0. The van der Waals surface area contributed by atoms with E-state index in [9.17, 15) is 14.4 Å². The highest BCUT2D eigenvalue weighted by Crippen LogP contribution is 2.19. The minimum Gasteiger partial charge on any atom is -0.297 e. The van der Waals surface area contributed by atoms with Gasteiger partial charge in [-0.05, 0) is 26.1 Å². The topological polar surface area (TPSA) is 57.7 Å². The summed E-state index contributed by atoms with van der Waals surface area (Å²) in [6.07, 6.45) is 0. The molecule has 0 aromatic rings. The van der Waals surface area contributed by atoms with E-state index in [-0.39, 0.29) is 11.0 Å². The summed E-state index contributed by atoms with van der Waals surface area (Å²) in [5, 5.41) is 0.156. The predicted octanol–water partition coefficient (Wildman–Crippen LogP) is 0.406. The zero-order chi connectivity index (χ0) is 13.2. The van der Waals surface area contributed by atoms with E-state index in [0.29, 0.717) is 13.1 Å². The number of carbonyl (C=O) groups excluding carboxylic acids is 3. The van der Waals surface area contributed by atoms with Crippen LogP contribution in [0.2, 0.25) is 0 Å². The molecular formula is C10H13ClN2O3S. The smallest absolute Gasteiger partial charge is 0.248 e. The molecule has 1 rings (SSSR count). The molecule has 0 bridgehead atoms. The molecule has 1 fully saturated rings. The summed E-state index contributed by atoms with van der Waals surface area (Å²) >= 11 is 10.5. The Morgan fingerprint density at radius 1 is 1.24 bits per heavy atom. The summed E-state index contributed by atoms with van der Waals surface area (Å²) in [6.45, 7) is 4.12. The fourth-order valence-corrected chi connectivity index (χ4v) is 2.28. The number of hydrogen-bond donors (Lipinski definition) is 0. The largest absolute Gasteiger partial charge is 0.297 e. The number of alkyl halides is 1. The van der Waals surface area contributed by atoms with E-state index in [0.717, 1.165) is 0 Å². The van der Waals surface area contributed by atoms with E-state index in [1.165, 1.54) is 9.80 Å². The quantitative estimate of drug-likeness (QED) is 0.424. The molecule has 0 saturated carbocycles. The molecule has 94 valence electrons. The molecule has 0 unspecified atom stereocenters. The zero-order valence-electron chi connectivity index (χ0n) is 9.60. The maximum atomic E-state index is 12.0. The lowest BCUT2D eigenvalue weighted by atomic mass is 9.99. The summed E-state index contributed by atoms with van der Waals surface area (Å²) < 4.78 is 0. The normalized spacial score (nSPS) is 17.9. The Labute approximate surface area is 110 Å². The first kappa shape index (κ1) is 14.1. The fraction of sp³-hybridized carbons (Fsp3) is 0.600. The van der Waals surface area contributed by atoms with Gasteiger partial charge in [0.25, 0.3) is 0 Å². The highest BCUT2D eigenvalue weighted by Gasteiger charge is 2.45. The summed E-state index contributed by atoms with van der Waals surface area (Å²) in [4.78, 5) is 38.0. The molecule has 2 amide bonds. The molecule has 0 aromatic heterocycles. The van der Waals surface area contributed by atoms with Gasteiger partial charge in [-0.25, -0.2) is 0 Å². The summed E-state index contributed by atoms with van der Waals surface area (Å²) in [5.74, 6) is -3.42. The number of carbonyl (C=O) groups is 3. The van der Waals surface area contributed by atoms with Crippen LogP contribution < -0.4 is 0 Å². The highest BCUT2D eigenvalue weighted by molar-refractivity contribution is 7.80. The lowest BCUT2D eigenvalue weighted by Gasteiger charge is -2.37. The van der Waals surface area contributed by atoms with Gasteiger partial charge in [-0.3, -0.25) is 24.2 Å². The molecule has 1 aliphatic rings. The number of rotatable bonds is 4. The molecule has 0 aromatic carbocycles. The minimum absolute atomic E-state index is 0.156. The molecule has 7 heteroatoms. The van der Waals surface area contributed by atoms with E-state index in [1.807, 2.05) is 0 Å². The Morgan fingerprint density at radius 3 is 1.94 bits per heavy atom. The molecular weight excluding hydrogens is 264 g/mol. The number of halogens is 1. The molecule has 1 heterocycles. The van der Waals surface area contributed by atoms with Crippen molar-refractivity contribution in [2.75, 3.05) is 19.0 Å². The van der Waals surface area contributed by atoms with Crippen LogP contribution in [0.3, 0.4) is 0 Å². The van der Waals surface area contributed by atoms with Gasteiger partial charge in [0.15, 0.2) is 16.8 Å². The van der Waals surface area contributed by atoms with Crippen molar-refractivity contribution in [3.8, 4) is 0 Å². The number of hydrogen-bond acceptors (Lipinski definition) is 4. The molecule has 5 nitrogen and oxygen atoms in total. The summed E-state index contributed by atoms with van der Waals surface area (Å²) in [6, 6.07) is 0. The Morgan fingerprint density at radius 2 is 1.65 bits per heavy atom. The second-order valence-electron chi connectivity index (χ2n) is 3.48. The molecule has 1 aliphatic heterocycles. The van der Waals surface area contributed by atoms with Gasteiger partial charge in [0.1, 0.15) is 0 Å². The number of nitrogens with zero attached hydrogens (tertiary/aromatic N) is 2.